The van der Waals surface area contributed by atoms with Gasteiger partial charge in [0.05, 0.1) is 23.2 Å². The zero-order valence-electron chi connectivity index (χ0n) is 15.6. The van der Waals surface area contributed by atoms with Gasteiger partial charge in [-0.2, -0.15) is 0 Å². The second kappa shape index (κ2) is 6.96. The molecule has 2 aromatic heterocycles. The van der Waals surface area contributed by atoms with Crippen LogP contribution in [0.4, 0.5) is 0 Å². The van der Waals surface area contributed by atoms with E-state index in [2.05, 4.69) is 10.3 Å². The average Bonchev–Trinajstić information content (AvgIpc) is 3.45. The molecule has 3 heterocycles. The lowest BCUT2D eigenvalue weighted by atomic mass is 9.91. The highest BCUT2D eigenvalue weighted by atomic mass is 16.3. The number of hydrogen-bond acceptors (Lipinski definition) is 4. The summed E-state index contributed by atoms with van der Waals surface area (Å²) in [5.41, 5.74) is 1.06. The minimum absolute atomic E-state index is 0.0162. The van der Waals surface area contributed by atoms with E-state index < -0.39 is 11.6 Å². The summed E-state index contributed by atoms with van der Waals surface area (Å²) < 4.78 is 2.03. The summed E-state index contributed by atoms with van der Waals surface area (Å²) in [5.74, 6) is 0.0108. The molecule has 27 heavy (non-hydrogen) atoms. The van der Waals surface area contributed by atoms with Crippen molar-refractivity contribution in [1.82, 2.24) is 19.8 Å². The molecule has 7 nitrogen and oxygen atoms in total. The van der Waals surface area contributed by atoms with E-state index in [0.717, 1.165) is 23.9 Å². The molecular weight excluding hydrogens is 344 g/mol. The van der Waals surface area contributed by atoms with Gasteiger partial charge >= 0.3 is 0 Å². The third-order valence-corrected chi connectivity index (χ3v) is 5.69. The number of pyridine rings is 1. The lowest BCUT2D eigenvalue weighted by Gasteiger charge is -2.39. The predicted octanol–water partition coefficient (Wildman–Crippen LogP) is 1.30. The van der Waals surface area contributed by atoms with Gasteiger partial charge in [0.2, 0.25) is 11.8 Å². The van der Waals surface area contributed by atoms with Crippen LogP contribution < -0.4 is 5.32 Å². The summed E-state index contributed by atoms with van der Waals surface area (Å²) in [6, 6.07) is 5.32. The molecule has 1 unspecified atom stereocenters. The average molecular weight is 370 g/mol. The quantitative estimate of drug-likeness (QED) is 0.831. The number of nitrogens with zero attached hydrogens (tertiary/aromatic N) is 3. The van der Waals surface area contributed by atoms with E-state index in [4.69, 9.17) is 0 Å². The van der Waals surface area contributed by atoms with Crippen molar-refractivity contribution in [1.29, 1.82) is 0 Å². The zero-order chi connectivity index (χ0) is 19.0. The van der Waals surface area contributed by atoms with Crippen molar-refractivity contribution in [2.24, 2.45) is 5.92 Å². The van der Waals surface area contributed by atoms with Crippen LogP contribution in [-0.2, 0) is 16.1 Å². The van der Waals surface area contributed by atoms with Crippen molar-refractivity contribution in [2.45, 2.75) is 50.8 Å². The number of nitrogens with one attached hydrogen (secondary N) is 1. The van der Waals surface area contributed by atoms with Crippen LogP contribution in [0.15, 0.2) is 30.6 Å². The van der Waals surface area contributed by atoms with Crippen LogP contribution in [0.3, 0.4) is 0 Å². The fourth-order valence-electron chi connectivity index (χ4n) is 3.79. The van der Waals surface area contributed by atoms with Crippen molar-refractivity contribution in [3.8, 4) is 0 Å². The predicted molar refractivity (Wildman–Crippen MR) is 101 cm³/mol. The van der Waals surface area contributed by atoms with Gasteiger partial charge in [-0.05, 0) is 50.8 Å². The van der Waals surface area contributed by atoms with E-state index in [1.165, 1.54) is 0 Å². The minimum atomic E-state index is -0.848. The molecule has 0 bridgehead atoms. The van der Waals surface area contributed by atoms with E-state index in [1.807, 2.05) is 29.0 Å². The smallest absolute Gasteiger partial charge is 0.244 e. The highest BCUT2D eigenvalue weighted by Crippen LogP contribution is 2.29. The first-order valence-electron chi connectivity index (χ1n) is 9.67. The van der Waals surface area contributed by atoms with Crippen LogP contribution in [0.1, 0.15) is 32.6 Å². The van der Waals surface area contributed by atoms with Gasteiger partial charge in [-0.15, -0.1) is 0 Å². The van der Waals surface area contributed by atoms with Gasteiger partial charge in [0, 0.05) is 31.4 Å². The largest absolute Gasteiger partial charge is 0.388 e. The van der Waals surface area contributed by atoms with Crippen molar-refractivity contribution < 1.29 is 14.7 Å². The van der Waals surface area contributed by atoms with Crippen LogP contribution in [0.5, 0.6) is 0 Å². The number of rotatable bonds is 5. The first-order chi connectivity index (χ1) is 13.0. The van der Waals surface area contributed by atoms with Gasteiger partial charge in [0.1, 0.15) is 6.04 Å². The lowest BCUT2D eigenvalue weighted by Crippen LogP contribution is -2.53. The molecule has 2 aromatic rings. The standard InChI is InChI=1S/C20H26N4O3/c1-14(22-18(25)15-4-5-15)19(26)23-11-7-20(27,8-12-23)13-24-10-6-16-17(24)3-2-9-21-16/h2-3,6,9-10,14-15,27H,4-5,7-8,11-13H2,1H3,(H,22,25). The summed E-state index contributed by atoms with van der Waals surface area (Å²) in [6.45, 7) is 3.22. The lowest BCUT2D eigenvalue weighted by molar-refractivity contribution is -0.140. The number of amides is 2. The molecule has 1 saturated carbocycles. The molecular formula is C20H26N4O3. The number of piperidine rings is 1. The number of aromatic nitrogens is 2. The van der Waals surface area contributed by atoms with E-state index in [-0.39, 0.29) is 17.7 Å². The number of fused-ring (bicyclic) bond motifs is 1. The van der Waals surface area contributed by atoms with Crippen molar-refractivity contribution in [2.75, 3.05) is 13.1 Å². The summed E-state index contributed by atoms with van der Waals surface area (Å²) in [6.07, 6.45) is 6.58. The second-order valence-electron chi connectivity index (χ2n) is 7.91. The molecule has 2 amide bonds. The van der Waals surface area contributed by atoms with Crippen molar-refractivity contribution in [3.63, 3.8) is 0 Å². The van der Waals surface area contributed by atoms with Gasteiger partial charge in [-0.25, -0.2) is 0 Å². The van der Waals surface area contributed by atoms with Crippen LogP contribution >= 0.6 is 0 Å². The summed E-state index contributed by atoms with van der Waals surface area (Å²) in [4.78, 5) is 30.5. The van der Waals surface area contributed by atoms with E-state index in [9.17, 15) is 14.7 Å². The first kappa shape index (κ1) is 18.0. The Balaban J connectivity index is 1.34. The molecule has 1 saturated heterocycles. The van der Waals surface area contributed by atoms with Crippen LogP contribution in [0, 0.1) is 5.92 Å². The summed E-state index contributed by atoms with van der Waals surface area (Å²) >= 11 is 0. The summed E-state index contributed by atoms with van der Waals surface area (Å²) in [5, 5.41) is 13.8. The Kier molecular flexibility index (Phi) is 4.63. The van der Waals surface area contributed by atoms with Crippen molar-refractivity contribution >= 4 is 22.8 Å². The van der Waals surface area contributed by atoms with Gasteiger partial charge in [0.15, 0.2) is 0 Å². The van der Waals surface area contributed by atoms with E-state index in [0.29, 0.717) is 32.5 Å². The maximum atomic E-state index is 12.6. The van der Waals surface area contributed by atoms with E-state index >= 15 is 0 Å². The number of carbonyl (C=O) groups excluding carboxylic acids is 2. The second-order valence-corrected chi connectivity index (χ2v) is 7.91. The summed E-state index contributed by atoms with van der Waals surface area (Å²) in [7, 11) is 0. The Labute approximate surface area is 158 Å². The molecule has 0 aromatic carbocycles. The van der Waals surface area contributed by atoms with Gasteiger partial charge in [0.25, 0.3) is 0 Å². The molecule has 2 aliphatic rings. The molecule has 1 aliphatic heterocycles. The SMILES string of the molecule is CC(NC(=O)C1CC1)C(=O)N1CCC(O)(Cn2ccc3ncccc32)CC1. The maximum absolute atomic E-state index is 12.6. The van der Waals surface area contributed by atoms with Crippen molar-refractivity contribution in [3.05, 3.63) is 30.6 Å². The Morgan fingerprint density at radius 2 is 2.07 bits per heavy atom. The third kappa shape index (κ3) is 3.83. The minimum Gasteiger partial charge on any atom is -0.388 e. The zero-order valence-corrected chi connectivity index (χ0v) is 15.6. The fraction of sp³-hybridized carbons (Fsp3) is 0.550. The monoisotopic (exact) mass is 370 g/mol. The van der Waals surface area contributed by atoms with Gasteiger partial charge in [-0.1, -0.05) is 0 Å². The van der Waals surface area contributed by atoms with Gasteiger partial charge < -0.3 is 19.9 Å². The number of carbonyl (C=O) groups is 2. The normalized spacial score (nSPS) is 20.4. The van der Waals surface area contributed by atoms with Crippen LogP contribution in [0.25, 0.3) is 11.0 Å². The maximum Gasteiger partial charge on any atom is 0.244 e. The molecule has 0 spiro atoms. The fourth-order valence-corrected chi connectivity index (χ4v) is 3.79. The number of hydrogen-bond donors (Lipinski definition) is 2. The van der Waals surface area contributed by atoms with Crippen LogP contribution in [-0.4, -0.2) is 56.1 Å². The van der Waals surface area contributed by atoms with E-state index in [1.54, 1.807) is 18.0 Å². The Morgan fingerprint density at radius 1 is 1.33 bits per heavy atom. The molecule has 1 aliphatic carbocycles. The molecule has 7 heteroatoms. The first-order valence-corrected chi connectivity index (χ1v) is 9.67. The highest BCUT2D eigenvalue weighted by Gasteiger charge is 2.37. The number of likely N-dealkylation sites (tertiary alicyclic amines) is 1. The Bertz CT molecular complexity index is 850. The van der Waals surface area contributed by atoms with Crippen LogP contribution in [0.2, 0.25) is 0 Å². The Hall–Kier alpha value is -2.41. The number of aliphatic hydroxyl groups is 1. The molecule has 4 rings (SSSR count). The molecule has 144 valence electrons. The van der Waals surface area contributed by atoms with Gasteiger partial charge in [-0.3, -0.25) is 14.6 Å². The Morgan fingerprint density at radius 3 is 2.78 bits per heavy atom. The topological polar surface area (TPSA) is 87.5 Å². The highest BCUT2D eigenvalue weighted by molar-refractivity contribution is 5.89. The molecule has 1 atom stereocenters. The molecule has 2 N–H and O–H groups in total. The molecule has 0 radical (unpaired) electrons. The molecule has 2 fully saturated rings. The third-order valence-electron chi connectivity index (χ3n) is 5.69.